The Hall–Kier alpha value is -1.08. The number of hydrogen-bond acceptors (Lipinski definition) is 3. The zero-order valence-corrected chi connectivity index (χ0v) is 13.0. The monoisotopic (exact) mass is 294 g/mol. The number of rotatable bonds is 2. The van der Waals surface area contributed by atoms with Crippen molar-refractivity contribution in [1.82, 2.24) is 9.88 Å². The Morgan fingerprint density at radius 2 is 2.25 bits per heavy atom. The van der Waals surface area contributed by atoms with E-state index in [2.05, 4.69) is 27.8 Å². The fourth-order valence-corrected chi connectivity index (χ4v) is 2.49. The van der Waals surface area contributed by atoms with E-state index in [1.165, 1.54) is 18.4 Å². The van der Waals surface area contributed by atoms with Crippen molar-refractivity contribution >= 4 is 12.4 Å². The number of halogens is 1. The molecule has 1 N–H and O–H groups in total. The van der Waals surface area contributed by atoms with Gasteiger partial charge in [-0.1, -0.05) is 24.3 Å². The molecule has 4 heteroatoms. The molecule has 0 unspecified atom stereocenters. The van der Waals surface area contributed by atoms with E-state index in [-0.39, 0.29) is 12.4 Å². The summed E-state index contributed by atoms with van der Waals surface area (Å²) in [4.78, 5) is 6.60. The van der Waals surface area contributed by atoms with Gasteiger partial charge < -0.3 is 5.11 Å². The van der Waals surface area contributed by atoms with Crippen LogP contribution in [0.3, 0.4) is 0 Å². The largest absolute Gasteiger partial charge is 0.378 e. The molecule has 0 saturated carbocycles. The molecule has 0 bridgehead atoms. The van der Waals surface area contributed by atoms with Gasteiger partial charge in [-0.25, -0.2) is 0 Å². The predicted octanol–water partition coefficient (Wildman–Crippen LogP) is 2.80. The molecular formula is C16H23ClN2O. The number of likely N-dealkylation sites (tertiary alicyclic amines) is 1. The summed E-state index contributed by atoms with van der Waals surface area (Å²) in [6, 6.07) is 4.54. The van der Waals surface area contributed by atoms with Gasteiger partial charge in [0.2, 0.25) is 0 Å². The van der Waals surface area contributed by atoms with Crippen molar-refractivity contribution < 1.29 is 5.11 Å². The van der Waals surface area contributed by atoms with E-state index in [1.807, 2.05) is 18.5 Å². The second kappa shape index (κ2) is 7.64. The van der Waals surface area contributed by atoms with E-state index in [4.69, 9.17) is 0 Å². The third-order valence-electron chi connectivity index (χ3n) is 3.36. The van der Waals surface area contributed by atoms with E-state index in [0.717, 1.165) is 13.0 Å². The number of hydrogen-bond donors (Lipinski definition) is 1. The second-order valence-corrected chi connectivity index (χ2v) is 5.63. The first-order valence-electron chi connectivity index (χ1n) is 6.93. The summed E-state index contributed by atoms with van der Waals surface area (Å²) < 4.78 is 0. The number of aromatic nitrogens is 1. The number of aliphatic hydroxyl groups is 1. The van der Waals surface area contributed by atoms with Crippen LogP contribution in [0.15, 0.2) is 24.5 Å². The van der Waals surface area contributed by atoms with Crippen LogP contribution in [-0.2, 0) is 0 Å². The van der Waals surface area contributed by atoms with Gasteiger partial charge in [-0.2, -0.15) is 0 Å². The molecule has 2 heterocycles. The van der Waals surface area contributed by atoms with Crippen LogP contribution in [0, 0.1) is 11.8 Å². The van der Waals surface area contributed by atoms with Crippen molar-refractivity contribution in [2.45, 2.75) is 44.8 Å². The van der Waals surface area contributed by atoms with Crippen molar-refractivity contribution in [1.29, 1.82) is 0 Å². The summed E-state index contributed by atoms with van der Waals surface area (Å²) >= 11 is 0. The molecule has 1 aliphatic heterocycles. The number of piperidine rings is 1. The van der Waals surface area contributed by atoms with Crippen molar-refractivity contribution in [3.8, 4) is 11.8 Å². The first-order valence-corrected chi connectivity index (χ1v) is 6.93. The predicted molar refractivity (Wildman–Crippen MR) is 83.7 cm³/mol. The van der Waals surface area contributed by atoms with E-state index in [9.17, 15) is 5.11 Å². The van der Waals surface area contributed by atoms with Gasteiger partial charge >= 0.3 is 0 Å². The molecule has 1 aliphatic rings. The fourth-order valence-electron chi connectivity index (χ4n) is 2.49. The Morgan fingerprint density at radius 1 is 1.45 bits per heavy atom. The van der Waals surface area contributed by atoms with Crippen LogP contribution in [0.1, 0.15) is 44.7 Å². The minimum absolute atomic E-state index is 0. The number of nitrogens with zero attached hydrogens (tertiary/aromatic N) is 2. The normalized spacial score (nSPS) is 19.6. The first-order chi connectivity index (χ1) is 9.06. The lowest BCUT2D eigenvalue weighted by atomic mass is 9.96. The SMILES string of the molecule is CC(C)(O)C#CCN1CCCC[C@H]1c1cccnc1.Cl. The molecule has 0 spiro atoms. The highest BCUT2D eigenvalue weighted by molar-refractivity contribution is 5.85. The molecule has 1 aromatic rings. The molecule has 1 atom stereocenters. The molecule has 1 aromatic heterocycles. The molecule has 0 aromatic carbocycles. The van der Waals surface area contributed by atoms with Crippen LogP contribution in [-0.4, -0.2) is 33.7 Å². The topological polar surface area (TPSA) is 36.4 Å². The lowest BCUT2D eigenvalue weighted by Gasteiger charge is -2.34. The van der Waals surface area contributed by atoms with Gasteiger partial charge in [-0.15, -0.1) is 12.4 Å². The van der Waals surface area contributed by atoms with E-state index in [0.29, 0.717) is 12.6 Å². The highest BCUT2D eigenvalue weighted by atomic mass is 35.5. The van der Waals surface area contributed by atoms with Crippen molar-refractivity contribution in [3.63, 3.8) is 0 Å². The van der Waals surface area contributed by atoms with Crippen LogP contribution in [0.2, 0.25) is 0 Å². The minimum atomic E-state index is -0.903. The van der Waals surface area contributed by atoms with Gasteiger partial charge in [-0.3, -0.25) is 9.88 Å². The van der Waals surface area contributed by atoms with Crippen LogP contribution >= 0.6 is 12.4 Å². The molecular weight excluding hydrogens is 272 g/mol. The van der Waals surface area contributed by atoms with Crippen molar-refractivity contribution in [2.75, 3.05) is 13.1 Å². The zero-order chi connectivity index (χ0) is 13.7. The van der Waals surface area contributed by atoms with Gasteiger partial charge in [0, 0.05) is 18.4 Å². The average Bonchev–Trinajstić information content (AvgIpc) is 2.39. The Kier molecular flexibility index (Phi) is 6.48. The van der Waals surface area contributed by atoms with Gasteiger partial charge in [0.15, 0.2) is 0 Å². The Balaban J connectivity index is 0.00000200. The standard InChI is InChI=1S/C16H22N2O.ClH/c1-16(2,19)9-6-12-18-11-4-3-8-15(18)14-7-5-10-17-13-14;/h5,7,10,13,15,19H,3-4,8,11-12H2,1-2H3;1H/t15-;/m0./s1. The highest BCUT2D eigenvalue weighted by Gasteiger charge is 2.23. The fraction of sp³-hybridized carbons (Fsp3) is 0.562. The Labute approximate surface area is 127 Å². The molecule has 3 nitrogen and oxygen atoms in total. The smallest absolute Gasteiger partial charge is 0.120 e. The molecule has 0 aliphatic carbocycles. The van der Waals surface area contributed by atoms with Crippen molar-refractivity contribution in [3.05, 3.63) is 30.1 Å². The maximum Gasteiger partial charge on any atom is 0.120 e. The molecule has 20 heavy (non-hydrogen) atoms. The molecule has 0 amide bonds. The van der Waals surface area contributed by atoms with Gasteiger partial charge in [0.25, 0.3) is 0 Å². The van der Waals surface area contributed by atoms with Gasteiger partial charge in [0.1, 0.15) is 5.60 Å². The lowest BCUT2D eigenvalue weighted by molar-refractivity contribution is 0.142. The van der Waals surface area contributed by atoms with Crippen LogP contribution in [0.4, 0.5) is 0 Å². The second-order valence-electron chi connectivity index (χ2n) is 5.63. The minimum Gasteiger partial charge on any atom is -0.378 e. The average molecular weight is 295 g/mol. The maximum atomic E-state index is 9.63. The lowest BCUT2D eigenvalue weighted by Crippen LogP contribution is -2.34. The summed E-state index contributed by atoms with van der Waals surface area (Å²) in [5.41, 5.74) is 0.367. The summed E-state index contributed by atoms with van der Waals surface area (Å²) in [6.07, 6.45) is 7.41. The van der Waals surface area contributed by atoms with Gasteiger partial charge in [0.05, 0.1) is 6.54 Å². The van der Waals surface area contributed by atoms with Crippen LogP contribution in [0.5, 0.6) is 0 Å². The van der Waals surface area contributed by atoms with E-state index < -0.39 is 5.60 Å². The third kappa shape index (κ3) is 5.13. The Morgan fingerprint density at radius 3 is 2.90 bits per heavy atom. The Bertz CT molecular complexity index is 459. The van der Waals surface area contributed by atoms with Crippen molar-refractivity contribution in [2.24, 2.45) is 0 Å². The molecule has 110 valence electrons. The highest BCUT2D eigenvalue weighted by Crippen LogP contribution is 2.29. The molecule has 1 fully saturated rings. The maximum absolute atomic E-state index is 9.63. The quantitative estimate of drug-likeness (QED) is 0.852. The van der Waals surface area contributed by atoms with E-state index >= 15 is 0 Å². The zero-order valence-electron chi connectivity index (χ0n) is 12.2. The summed E-state index contributed by atoms with van der Waals surface area (Å²) in [5.74, 6) is 5.99. The van der Waals surface area contributed by atoms with Crippen LogP contribution < -0.4 is 0 Å². The van der Waals surface area contributed by atoms with Crippen LogP contribution in [0.25, 0.3) is 0 Å². The summed E-state index contributed by atoms with van der Waals surface area (Å²) in [5, 5.41) is 9.63. The summed E-state index contributed by atoms with van der Waals surface area (Å²) in [7, 11) is 0. The molecule has 2 rings (SSSR count). The first kappa shape index (κ1) is 17.0. The van der Waals surface area contributed by atoms with E-state index in [1.54, 1.807) is 13.8 Å². The van der Waals surface area contributed by atoms with Gasteiger partial charge in [-0.05, 0) is 44.9 Å². The molecule has 0 radical (unpaired) electrons. The summed E-state index contributed by atoms with van der Waals surface area (Å²) in [6.45, 7) is 5.22. The molecule has 1 saturated heterocycles. The third-order valence-corrected chi connectivity index (χ3v) is 3.36. The number of pyridine rings is 1.